The lowest BCUT2D eigenvalue weighted by atomic mass is 10.1. The van der Waals surface area contributed by atoms with Gasteiger partial charge in [-0.05, 0) is 30.2 Å². The molecule has 1 atom stereocenters. The van der Waals surface area contributed by atoms with Crippen LogP contribution < -0.4 is 11.1 Å². The van der Waals surface area contributed by atoms with Gasteiger partial charge in [-0.1, -0.05) is 12.1 Å². The van der Waals surface area contributed by atoms with E-state index < -0.39 is 6.10 Å². The summed E-state index contributed by atoms with van der Waals surface area (Å²) in [7, 11) is 0. The fraction of sp³-hybridized carbons (Fsp3) is 0.231. The summed E-state index contributed by atoms with van der Waals surface area (Å²) in [6.07, 6.45) is 2.84. The molecular weight excluding hydrogens is 228 g/mol. The van der Waals surface area contributed by atoms with Gasteiger partial charge in [-0.15, -0.1) is 0 Å². The summed E-state index contributed by atoms with van der Waals surface area (Å²) in [5.41, 5.74) is 8.08. The number of anilines is 2. The molecule has 0 fully saturated rings. The number of aliphatic hydroxyl groups excluding tert-OH is 1. The Bertz CT molecular complexity index is 495. The van der Waals surface area contributed by atoms with Gasteiger partial charge in [0, 0.05) is 24.6 Å². The minimum Gasteiger partial charge on any atom is -0.399 e. The Morgan fingerprint density at radius 2 is 1.83 bits per heavy atom. The number of benzene rings is 1. The average molecular weight is 244 g/mol. The first-order chi connectivity index (χ1) is 8.65. The molecule has 1 heterocycles. The maximum Gasteiger partial charge on any atom is 0.222 e. The number of rotatable bonds is 4. The molecule has 4 N–H and O–H groups in total. The monoisotopic (exact) mass is 244 g/mol. The Balaban J connectivity index is 1.93. The number of nitrogens with zero attached hydrogens (tertiary/aromatic N) is 2. The molecule has 5 heteroatoms. The first kappa shape index (κ1) is 12.3. The van der Waals surface area contributed by atoms with Gasteiger partial charge in [0.2, 0.25) is 5.95 Å². The maximum atomic E-state index is 9.97. The van der Waals surface area contributed by atoms with Crippen molar-refractivity contribution < 1.29 is 5.11 Å². The molecule has 1 unspecified atom stereocenters. The van der Waals surface area contributed by atoms with Crippen molar-refractivity contribution in [2.24, 2.45) is 0 Å². The van der Waals surface area contributed by atoms with Crippen LogP contribution in [0, 0.1) is 6.92 Å². The lowest BCUT2D eigenvalue weighted by Gasteiger charge is -2.12. The molecular formula is C13H16N4O. The van der Waals surface area contributed by atoms with E-state index in [0.717, 1.165) is 11.1 Å². The molecule has 18 heavy (non-hydrogen) atoms. The minimum absolute atomic E-state index is 0.354. The van der Waals surface area contributed by atoms with Gasteiger partial charge in [-0.25, -0.2) is 9.97 Å². The lowest BCUT2D eigenvalue weighted by Crippen LogP contribution is -2.13. The number of hydrogen-bond donors (Lipinski definition) is 3. The highest BCUT2D eigenvalue weighted by Gasteiger charge is 2.07. The van der Waals surface area contributed by atoms with Gasteiger partial charge in [-0.3, -0.25) is 0 Å². The van der Waals surface area contributed by atoms with Gasteiger partial charge < -0.3 is 16.2 Å². The number of aliphatic hydroxyl groups is 1. The van der Waals surface area contributed by atoms with Crippen LogP contribution in [0.3, 0.4) is 0 Å². The minimum atomic E-state index is -0.615. The molecule has 94 valence electrons. The summed E-state index contributed by atoms with van der Waals surface area (Å²) in [6, 6.07) is 7.14. The summed E-state index contributed by atoms with van der Waals surface area (Å²) in [6.45, 7) is 2.28. The van der Waals surface area contributed by atoms with Crippen molar-refractivity contribution in [3.05, 3.63) is 47.8 Å². The summed E-state index contributed by atoms with van der Waals surface area (Å²) in [4.78, 5) is 8.21. The number of hydrogen-bond acceptors (Lipinski definition) is 5. The van der Waals surface area contributed by atoms with Crippen molar-refractivity contribution in [3.8, 4) is 0 Å². The number of nitrogens with two attached hydrogens (primary N) is 1. The second-order valence-corrected chi connectivity index (χ2v) is 4.15. The molecule has 0 spiro atoms. The summed E-state index contributed by atoms with van der Waals surface area (Å²) in [5, 5.41) is 12.9. The Morgan fingerprint density at radius 1 is 1.22 bits per heavy atom. The molecule has 1 aromatic carbocycles. The number of aryl methyl sites for hydroxylation is 1. The topological polar surface area (TPSA) is 84.1 Å². The fourth-order valence-corrected chi connectivity index (χ4v) is 1.51. The molecule has 1 aromatic heterocycles. The summed E-state index contributed by atoms with van der Waals surface area (Å²) < 4.78 is 0. The van der Waals surface area contributed by atoms with Crippen molar-refractivity contribution in [1.29, 1.82) is 0 Å². The van der Waals surface area contributed by atoms with Crippen LogP contribution in [0.1, 0.15) is 17.2 Å². The number of nitrogens with one attached hydrogen (secondary N) is 1. The van der Waals surface area contributed by atoms with Gasteiger partial charge in [-0.2, -0.15) is 0 Å². The van der Waals surface area contributed by atoms with Crippen LogP contribution in [0.5, 0.6) is 0 Å². The van der Waals surface area contributed by atoms with E-state index in [1.165, 1.54) is 0 Å². The van der Waals surface area contributed by atoms with Crippen molar-refractivity contribution in [1.82, 2.24) is 9.97 Å². The van der Waals surface area contributed by atoms with Gasteiger partial charge in [0.1, 0.15) is 0 Å². The number of nitrogen functional groups attached to an aromatic ring is 1. The van der Waals surface area contributed by atoms with E-state index >= 15 is 0 Å². The highest BCUT2D eigenvalue weighted by Crippen LogP contribution is 2.14. The Labute approximate surface area is 106 Å². The van der Waals surface area contributed by atoms with Crippen molar-refractivity contribution >= 4 is 11.6 Å². The Kier molecular flexibility index (Phi) is 3.74. The van der Waals surface area contributed by atoms with Gasteiger partial charge in [0.25, 0.3) is 0 Å². The van der Waals surface area contributed by atoms with E-state index in [0.29, 0.717) is 18.2 Å². The predicted molar refractivity (Wildman–Crippen MR) is 71.1 cm³/mol. The molecule has 0 aliphatic heterocycles. The highest BCUT2D eigenvalue weighted by molar-refractivity contribution is 5.40. The third kappa shape index (κ3) is 3.18. The van der Waals surface area contributed by atoms with Crippen LogP contribution in [0.2, 0.25) is 0 Å². The average Bonchev–Trinajstić information content (AvgIpc) is 2.38. The molecule has 2 aromatic rings. The first-order valence-electron chi connectivity index (χ1n) is 5.71. The van der Waals surface area contributed by atoms with Gasteiger partial charge in [0.15, 0.2) is 0 Å². The zero-order valence-corrected chi connectivity index (χ0v) is 10.2. The SMILES string of the molecule is Cc1cnc(NCC(O)c2ccc(N)cc2)nc1. The second-order valence-electron chi connectivity index (χ2n) is 4.15. The molecule has 0 radical (unpaired) electrons. The third-order valence-corrected chi connectivity index (χ3v) is 2.56. The predicted octanol–water partition coefficient (Wildman–Crippen LogP) is 1.51. The maximum absolute atomic E-state index is 9.97. The normalized spacial score (nSPS) is 12.1. The molecule has 0 aliphatic rings. The highest BCUT2D eigenvalue weighted by atomic mass is 16.3. The van der Waals surface area contributed by atoms with E-state index in [9.17, 15) is 5.11 Å². The van der Waals surface area contributed by atoms with Crippen molar-refractivity contribution in [2.75, 3.05) is 17.6 Å². The second kappa shape index (κ2) is 5.46. The van der Waals surface area contributed by atoms with Crippen LogP contribution in [-0.4, -0.2) is 21.6 Å². The summed E-state index contributed by atoms with van der Waals surface area (Å²) >= 11 is 0. The molecule has 0 saturated heterocycles. The molecule has 2 rings (SSSR count). The smallest absolute Gasteiger partial charge is 0.222 e. The standard InChI is InChI=1S/C13H16N4O/c1-9-6-15-13(16-7-9)17-8-12(18)10-2-4-11(14)5-3-10/h2-7,12,18H,8,14H2,1H3,(H,15,16,17). The number of aromatic nitrogens is 2. The molecule has 0 aliphatic carbocycles. The molecule has 0 amide bonds. The zero-order chi connectivity index (χ0) is 13.0. The van der Waals surface area contributed by atoms with Crippen LogP contribution in [0.15, 0.2) is 36.7 Å². The first-order valence-corrected chi connectivity index (χ1v) is 5.71. The van der Waals surface area contributed by atoms with E-state index in [1.807, 2.05) is 6.92 Å². The van der Waals surface area contributed by atoms with Crippen LogP contribution >= 0.6 is 0 Å². The van der Waals surface area contributed by atoms with E-state index in [2.05, 4.69) is 15.3 Å². The van der Waals surface area contributed by atoms with Gasteiger partial charge >= 0.3 is 0 Å². The fourth-order valence-electron chi connectivity index (χ4n) is 1.51. The van der Waals surface area contributed by atoms with Crippen molar-refractivity contribution in [3.63, 3.8) is 0 Å². The largest absolute Gasteiger partial charge is 0.399 e. The lowest BCUT2D eigenvalue weighted by molar-refractivity contribution is 0.191. The Morgan fingerprint density at radius 3 is 2.44 bits per heavy atom. The third-order valence-electron chi connectivity index (χ3n) is 2.56. The van der Waals surface area contributed by atoms with Crippen molar-refractivity contribution in [2.45, 2.75) is 13.0 Å². The van der Waals surface area contributed by atoms with E-state index in [4.69, 9.17) is 5.73 Å². The molecule has 0 saturated carbocycles. The van der Waals surface area contributed by atoms with Gasteiger partial charge in [0.05, 0.1) is 6.10 Å². The quantitative estimate of drug-likeness (QED) is 0.710. The zero-order valence-electron chi connectivity index (χ0n) is 10.2. The Hall–Kier alpha value is -2.14. The van der Waals surface area contributed by atoms with Crippen LogP contribution in [0.4, 0.5) is 11.6 Å². The molecule has 5 nitrogen and oxygen atoms in total. The van der Waals surface area contributed by atoms with Crippen LogP contribution in [0.25, 0.3) is 0 Å². The molecule has 0 bridgehead atoms. The van der Waals surface area contributed by atoms with E-state index in [1.54, 1.807) is 36.7 Å². The summed E-state index contributed by atoms with van der Waals surface area (Å²) in [5.74, 6) is 0.509. The van der Waals surface area contributed by atoms with Crippen LogP contribution in [-0.2, 0) is 0 Å². The van der Waals surface area contributed by atoms with E-state index in [-0.39, 0.29) is 0 Å².